The molecule has 2 saturated heterocycles. The number of rotatable bonds is 10. The number of hydrogen-bond donors (Lipinski definition) is 3. The maximum Gasteiger partial charge on any atom is 0.471 e. The first kappa shape index (κ1) is 35.3. The van der Waals surface area contributed by atoms with E-state index in [0.29, 0.717) is 39.0 Å². The zero-order valence-electron chi connectivity index (χ0n) is 26.9. The molecule has 4 aromatic rings. The fourth-order valence-electron chi connectivity index (χ4n) is 6.04. The minimum atomic E-state index is -5.04. The standard InChI is InChI=1S/C34H35F3N6O6S/c1-20-28(19-50-33-39-40-41-43(33)25-12-14-26(45)15-13-25)48-31(49-29(20)23-8-6-22(18-44)7-9-23)24-10-4-21(5-11-24)17-38-30(46)27-3-2-16-42(27)32(47)34(35,36)37/h4-15,20,27-29,31,44-45H,2-3,16-19H2,1H3,(H,38,46)/t20-,27-,28+,29+,31+/m0/s1. The van der Waals surface area contributed by atoms with Gasteiger partial charge in [0.2, 0.25) is 11.1 Å². The zero-order chi connectivity index (χ0) is 35.4. The van der Waals surface area contributed by atoms with Crippen molar-refractivity contribution in [3.63, 3.8) is 0 Å². The minimum Gasteiger partial charge on any atom is -0.508 e. The summed E-state index contributed by atoms with van der Waals surface area (Å²) in [6.45, 7) is 1.89. The van der Waals surface area contributed by atoms with E-state index in [4.69, 9.17) is 9.47 Å². The Morgan fingerprint density at radius 3 is 2.34 bits per heavy atom. The van der Waals surface area contributed by atoms with E-state index in [1.807, 2.05) is 31.2 Å². The van der Waals surface area contributed by atoms with Gasteiger partial charge in [0.05, 0.1) is 24.5 Å². The second-order valence-electron chi connectivity index (χ2n) is 12.1. The average molecular weight is 713 g/mol. The first-order valence-corrected chi connectivity index (χ1v) is 17.0. The maximum atomic E-state index is 13.0. The number of phenols is 1. The molecular weight excluding hydrogens is 677 g/mol. The van der Waals surface area contributed by atoms with Gasteiger partial charge in [0.15, 0.2) is 6.29 Å². The quantitative estimate of drug-likeness (QED) is 0.199. The number of likely N-dealkylation sites (tertiary alicyclic amines) is 1. The molecule has 0 saturated carbocycles. The number of benzene rings is 3. The normalized spacial score (nSPS) is 22.4. The van der Waals surface area contributed by atoms with E-state index in [9.17, 15) is 33.0 Å². The number of aliphatic hydroxyl groups is 1. The summed E-state index contributed by atoms with van der Waals surface area (Å²) in [5.74, 6) is -2.14. The van der Waals surface area contributed by atoms with Gasteiger partial charge in [-0.2, -0.15) is 17.9 Å². The van der Waals surface area contributed by atoms with Gasteiger partial charge in [-0.1, -0.05) is 67.2 Å². The topological polar surface area (TPSA) is 152 Å². The Kier molecular flexibility index (Phi) is 10.7. The van der Waals surface area contributed by atoms with Crippen molar-refractivity contribution in [2.24, 2.45) is 5.92 Å². The van der Waals surface area contributed by atoms with Crippen molar-refractivity contribution in [3.8, 4) is 11.4 Å². The summed E-state index contributed by atoms with van der Waals surface area (Å²) < 4.78 is 53.6. The van der Waals surface area contributed by atoms with Gasteiger partial charge in [0.25, 0.3) is 0 Å². The minimum absolute atomic E-state index is 0.0575. The molecule has 50 heavy (non-hydrogen) atoms. The lowest BCUT2D eigenvalue weighted by Gasteiger charge is -2.41. The van der Waals surface area contributed by atoms with Crippen LogP contribution in [0.5, 0.6) is 5.75 Å². The first-order valence-electron chi connectivity index (χ1n) is 16.0. The number of nitrogens with one attached hydrogen (secondary N) is 1. The van der Waals surface area contributed by atoms with Crippen LogP contribution in [-0.4, -0.2) is 77.8 Å². The number of amides is 2. The highest BCUT2D eigenvalue weighted by Crippen LogP contribution is 2.43. The van der Waals surface area contributed by atoms with Crippen molar-refractivity contribution >= 4 is 23.6 Å². The van der Waals surface area contributed by atoms with Gasteiger partial charge < -0.3 is 29.9 Å². The van der Waals surface area contributed by atoms with Crippen LogP contribution in [0.1, 0.15) is 54.4 Å². The maximum absolute atomic E-state index is 13.0. The molecule has 0 radical (unpaired) electrons. The van der Waals surface area contributed by atoms with Crippen LogP contribution in [0.15, 0.2) is 78.0 Å². The second kappa shape index (κ2) is 15.2. The number of thioether (sulfide) groups is 1. The molecule has 3 aromatic carbocycles. The average Bonchev–Trinajstić information content (AvgIpc) is 3.81. The second-order valence-corrected chi connectivity index (χ2v) is 13.1. The molecule has 0 bridgehead atoms. The van der Waals surface area contributed by atoms with Crippen molar-refractivity contribution < 1.29 is 42.4 Å². The number of ether oxygens (including phenoxy) is 2. The third kappa shape index (κ3) is 7.93. The molecule has 2 aliphatic heterocycles. The lowest BCUT2D eigenvalue weighted by molar-refractivity contribution is -0.268. The molecule has 0 unspecified atom stereocenters. The Balaban J connectivity index is 1.15. The summed E-state index contributed by atoms with van der Waals surface area (Å²) in [6.07, 6.45) is -6.01. The van der Waals surface area contributed by atoms with Crippen molar-refractivity contribution in [1.29, 1.82) is 0 Å². The lowest BCUT2D eigenvalue weighted by Crippen LogP contribution is -2.50. The van der Waals surface area contributed by atoms with Gasteiger partial charge in [0, 0.05) is 30.3 Å². The zero-order valence-corrected chi connectivity index (χ0v) is 27.7. The largest absolute Gasteiger partial charge is 0.508 e. The Labute approximate surface area is 289 Å². The van der Waals surface area contributed by atoms with Crippen LogP contribution in [0.2, 0.25) is 0 Å². The number of aliphatic hydroxyl groups excluding tert-OH is 1. The van der Waals surface area contributed by atoms with Crippen LogP contribution in [0.4, 0.5) is 13.2 Å². The molecule has 16 heteroatoms. The Bertz CT molecular complexity index is 1770. The Morgan fingerprint density at radius 2 is 1.66 bits per heavy atom. The molecule has 5 atom stereocenters. The van der Waals surface area contributed by atoms with Gasteiger partial charge in [-0.15, -0.1) is 5.10 Å². The molecule has 0 spiro atoms. The SMILES string of the molecule is C[C@H]1[C@@H](CSc2nnnn2-c2ccc(O)cc2)O[C@@H](c2ccc(CNC(=O)[C@@H]3CCCN3C(=O)C(F)(F)F)cc2)O[C@H]1c1ccc(CO)cc1. The number of carbonyl (C=O) groups is 2. The molecule has 3 heterocycles. The van der Waals surface area contributed by atoms with Crippen molar-refractivity contribution in [2.45, 2.75) is 68.8 Å². The summed E-state index contributed by atoms with van der Waals surface area (Å²) in [5, 5.41) is 34.5. The fraction of sp³-hybridized carbons (Fsp3) is 0.382. The predicted molar refractivity (Wildman–Crippen MR) is 174 cm³/mol. The third-order valence-corrected chi connectivity index (χ3v) is 9.82. The summed E-state index contributed by atoms with van der Waals surface area (Å²) in [6, 6.07) is 20.0. The smallest absolute Gasteiger partial charge is 0.471 e. The van der Waals surface area contributed by atoms with E-state index in [2.05, 4.69) is 20.8 Å². The number of halogens is 3. The number of tetrazole rings is 1. The van der Waals surface area contributed by atoms with Crippen molar-refractivity contribution in [2.75, 3.05) is 12.3 Å². The van der Waals surface area contributed by atoms with E-state index >= 15 is 0 Å². The fourth-order valence-corrected chi connectivity index (χ4v) is 7.09. The summed E-state index contributed by atoms with van der Waals surface area (Å²) in [7, 11) is 0. The number of carbonyl (C=O) groups excluding carboxylic acids is 2. The molecule has 6 rings (SSSR count). The van der Waals surface area contributed by atoms with Gasteiger partial charge >= 0.3 is 12.1 Å². The molecule has 3 N–H and O–H groups in total. The number of nitrogens with zero attached hydrogens (tertiary/aromatic N) is 5. The molecule has 1 aromatic heterocycles. The highest BCUT2D eigenvalue weighted by atomic mass is 32.2. The van der Waals surface area contributed by atoms with Crippen LogP contribution in [0.25, 0.3) is 5.69 Å². The molecule has 0 aliphatic carbocycles. The Morgan fingerprint density at radius 1 is 0.980 bits per heavy atom. The monoisotopic (exact) mass is 712 g/mol. The number of aromatic nitrogens is 4. The van der Waals surface area contributed by atoms with E-state index in [0.717, 1.165) is 11.1 Å². The summed E-state index contributed by atoms with van der Waals surface area (Å²) in [5.41, 5.74) is 3.78. The van der Waals surface area contributed by atoms with Crippen LogP contribution < -0.4 is 5.32 Å². The van der Waals surface area contributed by atoms with Crippen LogP contribution in [0.3, 0.4) is 0 Å². The number of aromatic hydroxyl groups is 1. The number of phenolic OH excluding ortho intramolecular Hbond substituents is 1. The van der Waals surface area contributed by atoms with Crippen LogP contribution in [-0.2, 0) is 32.2 Å². The van der Waals surface area contributed by atoms with Gasteiger partial charge in [0.1, 0.15) is 11.8 Å². The van der Waals surface area contributed by atoms with Crippen molar-refractivity contribution in [3.05, 3.63) is 95.1 Å². The Hall–Kier alpha value is -4.51. The van der Waals surface area contributed by atoms with E-state index in [-0.39, 0.29) is 50.0 Å². The lowest BCUT2D eigenvalue weighted by atomic mass is 9.91. The number of hydrogen-bond acceptors (Lipinski definition) is 10. The first-order chi connectivity index (χ1) is 24.0. The third-order valence-electron chi connectivity index (χ3n) is 8.81. The van der Waals surface area contributed by atoms with E-state index in [1.165, 1.54) is 11.8 Å². The molecule has 2 aliphatic rings. The number of alkyl halides is 3. The van der Waals surface area contributed by atoms with Crippen molar-refractivity contribution in [1.82, 2.24) is 30.4 Å². The predicted octanol–water partition coefficient (Wildman–Crippen LogP) is 4.61. The highest BCUT2D eigenvalue weighted by molar-refractivity contribution is 7.99. The molecule has 2 fully saturated rings. The van der Waals surface area contributed by atoms with E-state index < -0.39 is 30.3 Å². The van der Waals surface area contributed by atoms with Gasteiger partial charge in [-0.3, -0.25) is 9.59 Å². The molecule has 2 amide bonds. The van der Waals surface area contributed by atoms with Gasteiger partial charge in [-0.05, 0) is 64.2 Å². The summed E-state index contributed by atoms with van der Waals surface area (Å²) >= 11 is 1.41. The molecular formula is C34H35F3N6O6S. The van der Waals surface area contributed by atoms with E-state index in [1.54, 1.807) is 53.2 Å². The van der Waals surface area contributed by atoms with Gasteiger partial charge in [-0.25, -0.2) is 0 Å². The highest BCUT2D eigenvalue weighted by Gasteiger charge is 2.47. The summed E-state index contributed by atoms with van der Waals surface area (Å²) in [4.78, 5) is 25.1. The van der Waals surface area contributed by atoms with Crippen LogP contribution >= 0.6 is 11.8 Å². The molecule has 12 nitrogen and oxygen atoms in total. The van der Waals surface area contributed by atoms with Crippen LogP contribution in [0, 0.1) is 5.92 Å². The molecule has 264 valence electrons.